The van der Waals surface area contributed by atoms with Crippen LogP contribution < -0.4 is 10.1 Å². The summed E-state index contributed by atoms with van der Waals surface area (Å²) in [4.78, 5) is 21.3. The summed E-state index contributed by atoms with van der Waals surface area (Å²) in [6.45, 7) is 7.45. The number of amidine groups is 1. The number of aliphatic carboxylic acids is 1. The van der Waals surface area contributed by atoms with Gasteiger partial charge >= 0.3 is 5.97 Å². The second-order valence-electron chi connectivity index (χ2n) is 8.48. The van der Waals surface area contributed by atoms with Gasteiger partial charge in [-0.05, 0) is 49.6 Å². The van der Waals surface area contributed by atoms with E-state index in [2.05, 4.69) is 48.4 Å². The molecule has 0 saturated carbocycles. The van der Waals surface area contributed by atoms with Crippen molar-refractivity contribution < 1.29 is 14.6 Å². The van der Waals surface area contributed by atoms with Crippen LogP contribution in [0.15, 0.2) is 59.7 Å². The Bertz CT molecular complexity index is 1230. The minimum atomic E-state index is -0.781. The SMILES string of the molecule is Cc1cc(OCC(C)c2sc(-c3ccc(C4=NCC=CN4)cc3)nc2C)ccc1CCC(=O)O. The molecule has 1 atom stereocenters. The van der Waals surface area contributed by atoms with E-state index < -0.39 is 5.97 Å². The summed E-state index contributed by atoms with van der Waals surface area (Å²) in [6.07, 6.45) is 4.58. The third-order valence-electron chi connectivity index (χ3n) is 5.80. The monoisotopic (exact) mass is 475 g/mol. The molecular formula is C27H29N3O3S. The molecule has 176 valence electrons. The van der Waals surface area contributed by atoms with Crippen molar-refractivity contribution in [3.8, 4) is 16.3 Å². The molecule has 2 aromatic carbocycles. The Morgan fingerprint density at radius 2 is 1.94 bits per heavy atom. The van der Waals surface area contributed by atoms with Crippen molar-refractivity contribution in [1.82, 2.24) is 10.3 Å². The van der Waals surface area contributed by atoms with Gasteiger partial charge in [0.25, 0.3) is 0 Å². The van der Waals surface area contributed by atoms with E-state index in [9.17, 15) is 4.79 Å². The number of carboxylic acids is 1. The average Bonchev–Trinajstić information content (AvgIpc) is 3.24. The Kier molecular flexibility index (Phi) is 7.43. The fraction of sp³-hybridized carbons (Fsp3) is 0.296. The number of carbonyl (C=O) groups is 1. The zero-order valence-corrected chi connectivity index (χ0v) is 20.5. The molecule has 1 aromatic heterocycles. The molecule has 0 bridgehead atoms. The molecule has 0 spiro atoms. The van der Waals surface area contributed by atoms with Crippen LogP contribution in [0, 0.1) is 13.8 Å². The fourth-order valence-electron chi connectivity index (χ4n) is 3.89. The first kappa shape index (κ1) is 23.7. The lowest BCUT2D eigenvalue weighted by atomic mass is 10.0. The van der Waals surface area contributed by atoms with Crippen molar-refractivity contribution in [2.45, 2.75) is 39.5 Å². The lowest BCUT2D eigenvalue weighted by Crippen LogP contribution is -2.21. The Hall–Kier alpha value is -3.45. The van der Waals surface area contributed by atoms with Gasteiger partial charge in [-0.2, -0.15) is 0 Å². The van der Waals surface area contributed by atoms with Gasteiger partial charge in [0.1, 0.15) is 16.6 Å². The largest absolute Gasteiger partial charge is 0.493 e. The third kappa shape index (κ3) is 5.72. The number of aliphatic imine (C=N–C) groups is 1. The first-order valence-electron chi connectivity index (χ1n) is 11.4. The first-order chi connectivity index (χ1) is 16.4. The third-order valence-corrected chi connectivity index (χ3v) is 7.24. The van der Waals surface area contributed by atoms with Crippen molar-refractivity contribution >= 4 is 23.1 Å². The normalized spacial score (nSPS) is 13.8. The molecule has 3 aromatic rings. The number of thiazole rings is 1. The number of nitrogens with one attached hydrogen (secondary N) is 1. The number of nitrogens with zero attached hydrogens (tertiary/aromatic N) is 2. The highest BCUT2D eigenvalue weighted by molar-refractivity contribution is 7.15. The highest BCUT2D eigenvalue weighted by atomic mass is 32.1. The van der Waals surface area contributed by atoms with Crippen molar-refractivity contribution in [3.05, 3.63) is 82.0 Å². The van der Waals surface area contributed by atoms with Crippen LogP contribution in [0.4, 0.5) is 0 Å². The highest BCUT2D eigenvalue weighted by Gasteiger charge is 2.17. The Morgan fingerprint density at radius 3 is 2.62 bits per heavy atom. The molecule has 0 amide bonds. The maximum Gasteiger partial charge on any atom is 0.303 e. The molecule has 4 rings (SSSR count). The van der Waals surface area contributed by atoms with Gasteiger partial charge in [0.05, 0.1) is 18.8 Å². The quantitative estimate of drug-likeness (QED) is 0.428. The Balaban J connectivity index is 1.39. The summed E-state index contributed by atoms with van der Waals surface area (Å²) in [5, 5.41) is 13.1. The van der Waals surface area contributed by atoms with E-state index in [1.807, 2.05) is 37.4 Å². The molecule has 2 N–H and O–H groups in total. The van der Waals surface area contributed by atoms with Gasteiger partial charge in [-0.1, -0.05) is 37.3 Å². The maximum atomic E-state index is 10.8. The van der Waals surface area contributed by atoms with Gasteiger partial charge in [-0.25, -0.2) is 4.98 Å². The van der Waals surface area contributed by atoms with Crippen LogP contribution in [0.25, 0.3) is 10.6 Å². The minimum absolute atomic E-state index is 0.136. The van der Waals surface area contributed by atoms with E-state index in [0.29, 0.717) is 19.6 Å². The van der Waals surface area contributed by atoms with Crippen LogP contribution in [0.1, 0.15) is 46.5 Å². The summed E-state index contributed by atoms with van der Waals surface area (Å²) < 4.78 is 6.07. The second-order valence-corrected chi connectivity index (χ2v) is 9.51. The zero-order valence-electron chi connectivity index (χ0n) is 19.7. The summed E-state index contributed by atoms with van der Waals surface area (Å²) in [5.41, 5.74) is 5.28. The number of aryl methyl sites for hydroxylation is 3. The smallest absolute Gasteiger partial charge is 0.303 e. The standard InChI is InChI=1S/C27H29N3O3S/c1-17-15-23(11-9-20(17)10-12-24(31)32)33-16-18(2)25-19(3)30-27(34-25)22-7-5-21(6-8-22)26-28-13-4-14-29-26/h4-9,11,13,15,18H,10,12,14,16H2,1-3H3,(H,28,29)(H,31,32). The number of ether oxygens (including phenoxy) is 1. The van der Waals surface area contributed by atoms with Crippen LogP contribution >= 0.6 is 11.3 Å². The molecule has 1 unspecified atom stereocenters. The Labute approximate surface area is 204 Å². The van der Waals surface area contributed by atoms with Gasteiger partial charge in [-0.15, -0.1) is 11.3 Å². The van der Waals surface area contributed by atoms with Gasteiger partial charge in [0.15, 0.2) is 0 Å². The van der Waals surface area contributed by atoms with Crippen LogP contribution in [0.5, 0.6) is 5.75 Å². The van der Waals surface area contributed by atoms with E-state index in [-0.39, 0.29) is 12.3 Å². The predicted molar refractivity (Wildman–Crippen MR) is 137 cm³/mol. The number of hydrogen-bond donors (Lipinski definition) is 2. The predicted octanol–water partition coefficient (Wildman–Crippen LogP) is 5.49. The summed E-state index contributed by atoms with van der Waals surface area (Å²) in [7, 11) is 0. The second kappa shape index (κ2) is 10.7. The van der Waals surface area contributed by atoms with Gasteiger partial charge in [0.2, 0.25) is 0 Å². The molecule has 0 fully saturated rings. The Morgan fingerprint density at radius 1 is 1.18 bits per heavy atom. The molecule has 1 aliphatic heterocycles. The van der Waals surface area contributed by atoms with Gasteiger partial charge in [-0.3, -0.25) is 9.79 Å². The van der Waals surface area contributed by atoms with Crippen LogP contribution in [-0.4, -0.2) is 35.0 Å². The van der Waals surface area contributed by atoms with Crippen molar-refractivity contribution in [1.29, 1.82) is 0 Å². The number of aromatic nitrogens is 1. The van der Waals surface area contributed by atoms with Crippen LogP contribution in [0.2, 0.25) is 0 Å². The molecule has 0 radical (unpaired) electrons. The van der Waals surface area contributed by atoms with Crippen molar-refractivity contribution in [2.24, 2.45) is 4.99 Å². The van der Waals surface area contributed by atoms with E-state index in [1.165, 1.54) is 4.88 Å². The molecule has 6 nitrogen and oxygen atoms in total. The first-order valence-corrected chi connectivity index (χ1v) is 12.2. The highest BCUT2D eigenvalue weighted by Crippen LogP contribution is 2.33. The maximum absolute atomic E-state index is 10.8. The van der Waals surface area contributed by atoms with E-state index in [1.54, 1.807) is 11.3 Å². The van der Waals surface area contributed by atoms with Crippen LogP contribution in [0.3, 0.4) is 0 Å². The van der Waals surface area contributed by atoms with E-state index in [0.717, 1.165) is 44.5 Å². The number of rotatable bonds is 9. The molecule has 34 heavy (non-hydrogen) atoms. The molecular weight excluding hydrogens is 446 g/mol. The lowest BCUT2D eigenvalue weighted by molar-refractivity contribution is -0.136. The number of carboxylic acid groups (broad SMARTS) is 1. The van der Waals surface area contributed by atoms with E-state index in [4.69, 9.17) is 14.8 Å². The fourth-order valence-corrected chi connectivity index (χ4v) is 5.00. The van der Waals surface area contributed by atoms with E-state index >= 15 is 0 Å². The topological polar surface area (TPSA) is 83.8 Å². The lowest BCUT2D eigenvalue weighted by Gasteiger charge is -2.14. The number of hydrogen-bond acceptors (Lipinski definition) is 6. The van der Waals surface area contributed by atoms with Gasteiger partial charge in [0, 0.05) is 34.5 Å². The number of benzene rings is 2. The summed E-state index contributed by atoms with van der Waals surface area (Å²) in [6, 6.07) is 14.2. The summed E-state index contributed by atoms with van der Waals surface area (Å²) in [5.74, 6) is 1.11. The van der Waals surface area contributed by atoms with Crippen molar-refractivity contribution in [3.63, 3.8) is 0 Å². The molecule has 7 heteroatoms. The minimum Gasteiger partial charge on any atom is -0.493 e. The zero-order chi connectivity index (χ0) is 24.1. The van der Waals surface area contributed by atoms with Gasteiger partial charge < -0.3 is 15.2 Å². The average molecular weight is 476 g/mol. The molecule has 2 heterocycles. The molecule has 0 aliphatic carbocycles. The van der Waals surface area contributed by atoms with Crippen molar-refractivity contribution in [2.75, 3.05) is 13.2 Å². The molecule has 0 saturated heterocycles. The molecule has 1 aliphatic rings. The summed E-state index contributed by atoms with van der Waals surface area (Å²) >= 11 is 1.71. The van der Waals surface area contributed by atoms with Crippen LogP contribution in [-0.2, 0) is 11.2 Å².